The van der Waals surface area contributed by atoms with Crippen LogP contribution >= 0.6 is 23.5 Å². The molecule has 1 aromatic heterocycles. The van der Waals surface area contributed by atoms with Crippen LogP contribution in [0.25, 0.3) is 10.9 Å². The minimum atomic E-state index is -0.649. The molecular weight excluding hydrogens is 438 g/mol. The van der Waals surface area contributed by atoms with Gasteiger partial charge in [-0.1, -0.05) is 35.7 Å². The number of rotatable bonds is 6. The summed E-state index contributed by atoms with van der Waals surface area (Å²) >= 11 is 7.68. The van der Waals surface area contributed by atoms with Gasteiger partial charge in [-0.15, -0.1) is 0 Å². The van der Waals surface area contributed by atoms with Gasteiger partial charge in [0.05, 0.1) is 30.9 Å². The number of nitrogens with one attached hydrogen (secondary N) is 2. The van der Waals surface area contributed by atoms with Crippen molar-refractivity contribution in [1.82, 2.24) is 14.6 Å². The van der Waals surface area contributed by atoms with E-state index in [0.717, 1.165) is 16.5 Å². The van der Waals surface area contributed by atoms with Gasteiger partial charge in [-0.3, -0.25) is 14.3 Å². The number of carbonyl (C=O) groups excluding carboxylic acids is 2. The molecule has 162 valence electrons. The molecule has 31 heavy (non-hydrogen) atoms. The van der Waals surface area contributed by atoms with Gasteiger partial charge in [-0.2, -0.15) is 0 Å². The Kier molecular flexibility index (Phi) is 5.88. The maximum Gasteiger partial charge on any atom is 0.268 e. The van der Waals surface area contributed by atoms with Crippen molar-refractivity contribution in [3.05, 3.63) is 64.3 Å². The van der Waals surface area contributed by atoms with E-state index < -0.39 is 5.54 Å². The summed E-state index contributed by atoms with van der Waals surface area (Å²) in [4.78, 5) is 25.2. The van der Waals surface area contributed by atoms with Gasteiger partial charge in [-0.25, -0.2) is 0 Å². The van der Waals surface area contributed by atoms with Crippen LogP contribution in [0.5, 0.6) is 5.75 Å². The zero-order valence-electron chi connectivity index (χ0n) is 17.3. The maximum absolute atomic E-state index is 13.2. The average molecular weight is 460 g/mol. The van der Waals surface area contributed by atoms with Crippen LogP contribution in [0.15, 0.2) is 42.5 Å². The van der Waals surface area contributed by atoms with Gasteiger partial charge < -0.3 is 19.4 Å². The van der Waals surface area contributed by atoms with Crippen molar-refractivity contribution in [3.63, 3.8) is 0 Å². The van der Waals surface area contributed by atoms with Crippen LogP contribution in [-0.2, 0) is 17.3 Å². The number of hydrogen-bond acceptors (Lipinski definition) is 5. The summed E-state index contributed by atoms with van der Waals surface area (Å²) in [5, 5.41) is 4.34. The number of fused-ring (bicyclic) bond motifs is 1. The predicted molar refractivity (Wildman–Crippen MR) is 122 cm³/mol. The highest BCUT2D eigenvalue weighted by Gasteiger charge is 2.42. The predicted octanol–water partition coefficient (Wildman–Crippen LogP) is 3.50. The highest BCUT2D eigenvalue weighted by molar-refractivity contribution is 7.97. The minimum absolute atomic E-state index is 0.162. The quantitative estimate of drug-likeness (QED) is 0.551. The van der Waals surface area contributed by atoms with Crippen molar-refractivity contribution in [1.29, 1.82) is 0 Å². The van der Waals surface area contributed by atoms with Crippen molar-refractivity contribution >= 4 is 46.3 Å². The van der Waals surface area contributed by atoms with E-state index in [9.17, 15) is 9.59 Å². The largest absolute Gasteiger partial charge is 0.495 e. The molecule has 1 fully saturated rings. The summed E-state index contributed by atoms with van der Waals surface area (Å²) in [5.74, 6) is 0.159. The topological polar surface area (TPSA) is 81.6 Å². The Morgan fingerprint density at radius 2 is 1.87 bits per heavy atom. The molecule has 0 aliphatic carbocycles. The summed E-state index contributed by atoms with van der Waals surface area (Å²) in [6.07, 6.45) is 1.79. The molecule has 0 saturated carbocycles. The lowest BCUT2D eigenvalue weighted by atomic mass is 9.87. The van der Waals surface area contributed by atoms with Crippen LogP contribution in [0.2, 0.25) is 5.02 Å². The molecule has 0 atom stereocenters. The second kappa shape index (κ2) is 8.45. The molecule has 2 N–H and O–H groups in total. The number of nitrogens with zero attached hydrogens (tertiary/aromatic N) is 1. The molecule has 2 aromatic carbocycles. The molecule has 2 heterocycles. The first-order chi connectivity index (χ1) is 14.9. The van der Waals surface area contributed by atoms with E-state index in [4.69, 9.17) is 21.1 Å². The maximum atomic E-state index is 13.2. The lowest BCUT2D eigenvalue weighted by Crippen LogP contribution is -2.59. The number of aromatic nitrogens is 1. The molecule has 9 heteroatoms. The monoisotopic (exact) mass is 459 g/mol. The van der Waals surface area contributed by atoms with Crippen LogP contribution in [0, 0.1) is 0 Å². The van der Waals surface area contributed by atoms with Crippen molar-refractivity contribution in [3.8, 4) is 5.75 Å². The zero-order valence-corrected chi connectivity index (χ0v) is 18.9. The minimum Gasteiger partial charge on any atom is -0.495 e. The number of hydrogen-bond donors (Lipinski definition) is 2. The summed E-state index contributed by atoms with van der Waals surface area (Å²) in [7, 11) is 3.38. The fourth-order valence-electron chi connectivity index (χ4n) is 3.72. The third-order valence-electron chi connectivity index (χ3n) is 5.52. The van der Waals surface area contributed by atoms with Gasteiger partial charge >= 0.3 is 0 Å². The van der Waals surface area contributed by atoms with Gasteiger partial charge in [0.25, 0.3) is 11.8 Å². The SMILES string of the molecule is COc1ccc2c(cc(C(=O)NC3(c4ccc(C(=O)NSC)cc4)COC3)n2C)c1Cl. The van der Waals surface area contributed by atoms with Gasteiger partial charge in [0.15, 0.2) is 0 Å². The fraction of sp³-hybridized carbons (Fsp3) is 0.273. The molecule has 0 unspecified atom stereocenters. The van der Waals surface area contributed by atoms with E-state index in [0.29, 0.717) is 35.2 Å². The number of carbonyl (C=O) groups is 2. The van der Waals surface area contributed by atoms with Crippen LogP contribution < -0.4 is 14.8 Å². The first kappa shape index (κ1) is 21.5. The third-order valence-corrected chi connectivity index (χ3v) is 6.30. The molecular formula is C22H22ClN3O4S. The van der Waals surface area contributed by atoms with E-state index in [2.05, 4.69) is 10.0 Å². The number of aryl methyl sites for hydroxylation is 1. The smallest absolute Gasteiger partial charge is 0.268 e. The Bertz CT molecular complexity index is 1160. The van der Waals surface area contributed by atoms with E-state index >= 15 is 0 Å². The van der Waals surface area contributed by atoms with Crippen molar-refractivity contribution < 1.29 is 19.1 Å². The lowest BCUT2D eigenvalue weighted by Gasteiger charge is -2.42. The van der Waals surface area contributed by atoms with E-state index in [-0.39, 0.29) is 11.8 Å². The van der Waals surface area contributed by atoms with Gasteiger partial charge in [-0.05, 0) is 35.9 Å². The highest BCUT2D eigenvalue weighted by atomic mass is 35.5. The Labute approximate surface area is 189 Å². The summed E-state index contributed by atoms with van der Waals surface area (Å²) < 4.78 is 15.2. The third kappa shape index (κ3) is 3.75. The van der Waals surface area contributed by atoms with Crippen molar-refractivity contribution in [2.75, 3.05) is 26.6 Å². The molecule has 1 aliphatic heterocycles. The zero-order chi connectivity index (χ0) is 22.2. The standard InChI is InChI=1S/C22H22ClN3O4S/c1-26-16-8-9-18(29-2)19(23)15(16)10-17(26)21(28)24-22(11-30-12-22)14-6-4-13(5-7-14)20(27)25-31-3/h4-10H,11-12H2,1-3H3,(H,24,28)(H,25,27). The molecule has 0 bridgehead atoms. The van der Waals surface area contributed by atoms with Gasteiger partial charge in [0.1, 0.15) is 17.0 Å². The van der Waals surface area contributed by atoms with E-state index in [1.807, 2.05) is 25.2 Å². The van der Waals surface area contributed by atoms with Gasteiger partial charge in [0.2, 0.25) is 0 Å². The van der Waals surface area contributed by atoms with Crippen LogP contribution in [0.1, 0.15) is 26.4 Å². The first-order valence-electron chi connectivity index (χ1n) is 9.56. The number of halogens is 1. The number of methoxy groups -OCH3 is 1. The normalized spacial score (nSPS) is 14.7. The number of amides is 2. The fourth-order valence-corrected chi connectivity index (χ4v) is 4.32. The second-order valence-corrected chi connectivity index (χ2v) is 8.34. The Balaban J connectivity index is 1.62. The van der Waals surface area contributed by atoms with E-state index in [1.165, 1.54) is 11.9 Å². The summed E-state index contributed by atoms with van der Waals surface area (Å²) in [6.45, 7) is 0.710. The van der Waals surface area contributed by atoms with Crippen LogP contribution in [-0.4, -0.2) is 43.0 Å². The van der Waals surface area contributed by atoms with Crippen molar-refractivity contribution in [2.24, 2.45) is 7.05 Å². The molecule has 1 aliphatic rings. The first-order valence-corrected chi connectivity index (χ1v) is 11.2. The molecule has 7 nitrogen and oxygen atoms in total. The van der Waals surface area contributed by atoms with Gasteiger partial charge in [0, 0.05) is 24.3 Å². The molecule has 0 radical (unpaired) electrons. The lowest BCUT2D eigenvalue weighted by molar-refractivity contribution is -0.0734. The average Bonchev–Trinajstić information content (AvgIpc) is 3.09. The summed E-state index contributed by atoms with van der Waals surface area (Å²) in [6, 6.07) is 12.6. The Hall–Kier alpha value is -2.68. The molecule has 4 rings (SSSR count). The summed E-state index contributed by atoms with van der Waals surface area (Å²) in [5.41, 5.74) is 2.10. The van der Waals surface area contributed by atoms with E-state index in [1.54, 1.807) is 42.2 Å². The molecule has 2 amide bonds. The van der Waals surface area contributed by atoms with Crippen molar-refractivity contribution in [2.45, 2.75) is 5.54 Å². The number of benzene rings is 2. The molecule has 3 aromatic rings. The number of ether oxygens (including phenoxy) is 2. The van der Waals surface area contributed by atoms with Crippen LogP contribution in [0.3, 0.4) is 0 Å². The Morgan fingerprint density at radius 1 is 1.16 bits per heavy atom. The van der Waals surface area contributed by atoms with Crippen LogP contribution in [0.4, 0.5) is 0 Å². The second-order valence-electron chi connectivity index (χ2n) is 7.34. The highest BCUT2D eigenvalue weighted by Crippen LogP contribution is 2.35. The molecule has 0 spiro atoms. The molecule has 1 saturated heterocycles. The Morgan fingerprint density at radius 3 is 2.45 bits per heavy atom.